The van der Waals surface area contributed by atoms with Gasteiger partial charge in [-0.2, -0.15) is 0 Å². The molecule has 2 nitrogen and oxygen atoms in total. The van der Waals surface area contributed by atoms with Gasteiger partial charge >= 0.3 is 0 Å². The van der Waals surface area contributed by atoms with Crippen molar-refractivity contribution < 1.29 is 9.84 Å². The second-order valence-corrected chi connectivity index (χ2v) is 3.09. The van der Waals surface area contributed by atoms with E-state index in [1.165, 1.54) is 12.8 Å². The van der Waals surface area contributed by atoms with Crippen molar-refractivity contribution in [2.24, 2.45) is 0 Å². The number of aliphatic hydroxyl groups is 1. The monoisotopic (exact) mass is 144 g/mol. The van der Waals surface area contributed by atoms with Gasteiger partial charge in [0.25, 0.3) is 0 Å². The SMILES string of the molecule is C[C@H](O)CCCCC1CO1. The molecule has 1 fully saturated rings. The van der Waals surface area contributed by atoms with Crippen molar-refractivity contribution in [3.63, 3.8) is 0 Å². The van der Waals surface area contributed by atoms with Crippen molar-refractivity contribution in [3.8, 4) is 0 Å². The number of hydrogen-bond acceptors (Lipinski definition) is 2. The Labute approximate surface area is 62.2 Å². The first-order valence-corrected chi connectivity index (χ1v) is 4.08. The van der Waals surface area contributed by atoms with Gasteiger partial charge in [-0.1, -0.05) is 12.8 Å². The van der Waals surface area contributed by atoms with Crippen LogP contribution in [0.3, 0.4) is 0 Å². The van der Waals surface area contributed by atoms with Crippen molar-refractivity contribution in [1.82, 2.24) is 0 Å². The van der Waals surface area contributed by atoms with Gasteiger partial charge in [0, 0.05) is 0 Å². The summed E-state index contributed by atoms with van der Waals surface area (Å²) in [6.45, 7) is 2.81. The van der Waals surface area contributed by atoms with E-state index in [0.29, 0.717) is 6.10 Å². The highest BCUT2D eigenvalue weighted by Crippen LogP contribution is 2.17. The molecule has 0 aliphatic carbocycles. The first-order valence-electron chi connectivity index (χ1n) is 4.08. The fourth-order valence-corrected chi connectivity index (χ4v) is 1.05. The minimum atomic E-state index is -0.125. The lowest BCUT2D eigenvalue weighted by Crippen LogP contribution is -1.98. The molecule has 1 N–H and O–H groups in total. The Bertz CT molecular complexity index is 83.3. The predicted octanol–water partition coefficient (Wildman–Crippen LogP) is 1.33. The fraction of sp³-hybridized carbons (Fsp3) is 1.00. The molecular formula is C8H16O2. The molecule has 10 heavy (non-hydrogen) atoms. The topological polar surface area (TPSA) is 32.8 Å². The van der Waals surface area contributed by atoms with Gasteiger partial charge in [0.15, 0.2) is 0 Å². The summed E-state index contributed by atoms with van der Waals surface area (Å²) in [6, 6.07) is 0. The van der Waals surface area contributed by atoms with Crippen LogP contribution in [0.4, 0.5) is 0 Å². The second kappa shape index (κ2) is 3.94. The maximum absolute atomic E-state index is 8.90. The minimum absolute atomic E-state index is 0.125. The number of ether oxygens (including phenoxy) is 1. The third-order valence-corrected chi connectivity index (χ3v) is 1.80. The molecule has 0 saturated carbocycles. The zero-order valence-corrected chi connectivity index (χ0v) is 6.55. The molecule has 0 bridgehead atoms. The smallest absolute Gasteiger partial charge is 0.0810 e. The van der Waals surface area contributed by atoms with E-state index in [1.807, 2.05) is 6.92 Å². The van der Waals surface area contributed by atoms with Gasteiger partial charge in [-0.15, -0.1) is 0 Å². The standard InChI is InChI=1S/C8H16O2/c1-7(9)4-2-3-5-8-6-10-8/h7-9H,2-6H2,1H3/t7-,8?/m0/s1. The molecule has 1 rings (SSSR count). The molecule has 1 unspecified atom stereocenters. The van der Waals surface area contributed by atoms with Gasteiger partial charge in [-0.25, -0.2) is 0 Å². The first-order chi connectivity index (χ1) is 4.79. The second-order valence-electron chi connectivity index (χ2n) is 3.09. The minimum Gasteiger partial charge on any atom is -0.393 e. The van der Waals surface area contributed by atoms with Crippen LogP contribution < -0.4 is 0 Å². The van der Waals surface area contributed by atoms with Crippen LogP contribution in [0.25, 0.3) is 0 Å². The van der Waals surface area contributed by atoms with Gasteiger partial charge in [0.05, 0.1) is 18.8 Å². The first kappa shape index (κ1) is 8.02. The lowest BCUT2D eigenvalue weighted by Gasteiger charge is -2.01. The molecule has 2 heteroatoms. The van der Waals surface area contributed by atoms with Crippen LogP contribution in [-0.4, -0.2) is 23.9 Å². The molecule has 0 aromatic heterocycles. The molecule has 0 radical (unpaired) electrons. The molecule has 1 saturated heterocycles. The van der Waals surface area contributed by atoms with E-state index in [1.54, 1.807) is 0 Å². The quantitative estimate of drug-likeness (QED) is 0.466. The summed E-state index contributed by atoms with van der Waals surface area (Å²) >= 11 is 0. The van der Waals surface area contributed by atoms with Crippen LogP contribution in [-0.2, 0) is 4.74 Å². The Morgan fingerprint density at radius 1 is 1.60 bits per heavy atom. The number of aliphatic hydroxyl groups excluding tert-OH is 1. The molecule has 2 atom stereocenters. The van der Waals surface area contributed by atoms with E-state index in [-0.39, 0.29) is 6.10 Å². The van der Waals surface area contributed by atoms with E-state index in [4.69, 9.17) is 9.84 Å². The summed E-state index contributed by atoms with van der Waals surface area (Å²) in [6.07, 6.45) is 4.90. The third kappa shape index (κ3) is 3.85. The molecular weight excluding hydrogens is 128 g/mol. The Hall–Kier alpha value is -0.0800. The highest BCUT2D eigenvalue weighted by atomic mass is 16.6. The number of unbranched alkanes of at least 4 members (excludes halogenated alkanes) is 1. The molecule has 1 aliphatic heterocycles. The van der Waals surface area contributed by atoms with Crippen molar-refractivity contribution in [1.29, 1.82) is 0 Å². The van der Waals surface area contributed by atoms with E-state index in [9.17, 15) is 0 Å². The van der Waals surface area contributed by atoms with Gasteiger partial charge in [-0.05, 0) is 19.8 Å². The van der Waals surface area contributed by atoms with Crippen LogP contribution in [0.1, 0.15) is 32.6 Å². The Balaban J connectivity index is 1.76. The van der Waals surface area contributed by atoms with Crippen molar-refractivity contribution in [2.75, 3.05) is 6.61 Å². The van der Waals surface area contributed by atoms with Crippen LogP contribution in [0.15, 0.2) is 0 Å². The summed E-state index contributed by atoms with van der Waals surface area (Å²) in [5.41, 5.74) is 0. The molecule has 0 spiro atoms. The molecule has 0 amide bonds. The van der Waals surface area contributed by atoms with Gasteiger partial charge < -0.3 is 9.84 Å². The number of hydrogen-bond donors (Lipinski definition) is 1. The van der Waals surface area contributed by atoms with Crippen LogP contribution in [0.5, 0.6) is 0 Å². The van der Waals surface area contributed by atoms with Gasteiger partial charge in [0.1, 0.15) is 0 Å². The fourth-order valence-electron chi connectivity index (χ4n) is 1.05. The number of rotatable bonds is 5. The molecule has 1 heterocycles. The number of epoxide rings is 1. The third-order valence-electron chi connectivity index (χ3n) is 1.80. The van der Waals surface area contributed by atoms with E-state index in [0.717, 1.165) is 19.4 Å². The Morgan fingerprint density at radius 2 is 2.30 bits per heavy atom. The normalized spacial score (nSPS) is 26.4. The van der Waals surface area contributed by atoms with Gasteiger partial charge in [-0.3, -0.25) is 0 Å². The summed E-state index contributed by atoms with van der Waals surface area (Å²) in [4.78, 5) is 0. The summed E-state index contributed by atoms with van der Waals surface area (Å²) in [7, 11) is 0. The largest absolute Gasteiger partial charge is 0.393 e. The highest BCUT2D eigenvalue weighted by Gasteiger charge is 2.20. The zero-order chi connectivity index (χ0) is 7.40. The molecule has 0 aromatic rings. The molecule has 60 valence electrons. The van der Waals surface area contributed by atoms with Crippen LogP contribution >= 0.6 is 0 Å². The van der Waals surface area contributed by atoms with E-state index in [2.05, 4.69) is 0 Å². The van der Waals surface area contributed by atoms with Crippen LogP contribution in [0.2, 0.25) is 0 Å². The van der Waals surface area contributed by atoms with Crippen LogP contribution in [0, 0.1) is 0 Å². The molecule has 0 aromatic carbocycles. The van der Waals surface area contributed by atoms with Crippen molar-refractivity contribution >= 4 is 0 Å². The maximum atomic E-state index is 8.90. The summed E-state index contributed by atoms with van der Waals surface area (Å²) in [5.74, 6) is 0. The zero-order valence-electron chi connectivity index (χ0n) is 6.55. The highest BCUT2D eigenvalue weighted by molar-refractivity contribution is 4.68. The predicted molar refractivity (Wildman–Crippen MR) is 39.9 cm³/mol. The lowest BCUT2D eigenvalue weighted by atomic mass is 10.1. The summed E-state index contributed by atoms with van der Waals surface area (Å²) < 4.78 is 5.05. The van der Waals surface area contributed by atoms with E-state index < -0.39 is 0 Å². The average Bonchev–Trinajstić information content (AvgIpc) is 2.62. The maximum Gasteiger partial charge on any atom is 0.0810 e. The van der Waals surface area contributed by atoms with Gasteiger partial charge in [0.2, 0.25) is 0 Å². The van der Waals surface area contributed by atoms with Crippen molar-refractivity contribution in [3.05, 3.63) is 0 Å². The Kier molecular flexibility index (Phi) is 3.16. The average molecular weight is 144 g/mol. The van der Waals surface area contributed by atoms with Crippen molar-refractivity contribution in [2.45, 2.75) is 44.8 Å². The molecule has 1 aliphatic rings. The van der Waals surface area contributed by atoms with E-state index >= 15 is 0 Å². The Morgan fingerprint density at radius 3 is 2.80 bits per heavy atom. The summed E-state index contributed by atoms with van der Waals surface area (Å²) in [5, 5.41) is 8.90. The lowest BCUT2D eigenvalue weighted by molar-refractivity contribution is 0.180.